The van der Waals surface area contributed by atoms with E-state index in [2.05, 4.69) is 18.7 Å². The highest BCUT2D eigenvalue weighted by atomic mass is 32.1. The zero-order chi connectivity index (χ0) is 12.3. The first-order valence-electron chi connectivity index (χ1n) is 5.50. The Morgan fingerprint density at radius 3 is 2.71 bits per heavy atom. The summed E-state index contributed by atoms with van der Waals surface area (Å²) in [6.45, 7) is 5.86. The van der Waals surface area contributed by atoms with Gasteiger partial charge in [0, 0.05) is 21.0 Å². The molecule has 1 aromatic carbocycles. The van der Waals surface area contributed by atoms with Crippen molar-refractivity contribution in [3.8, 4) is 10.4 Å². The van der Waals surface area contributed by atoms with E-state index in [4.69, 9.17) is 5.73 Å². The molecule has 86 valence electrons. The van der Waals surface area contributed by atoms with Gasteiger partial charge in [0.05, 0.1) is 0 Å². The molecule has 0 amide bonds. The van der Waals surface area contributed by atoms with E-state index in [1.165, 1.54) is 15.3 Å². The normalized spacial score (nSPS) is 10.9. The zero-order valence-corrected chi connectivity index (χ0v) is 10.6. The van der Waals surface area contributed by atoms with E-state index in [1.807, 2.05) is 43.3 Å². The third-order valence-electron chi connectivity index (χ3n) is 2.55. The van der Waals surface area contributed by atoms with E-state index >= 15 is 0 Å². The maximum Gasteiger partial charge on any atom is 0.0401 e. The summed E-state index contributed by atoms with van der Waals surface area (Å²) in [4.78, 5) is 2.37. The summed E-state index contributed by atoms with van der Waals surface area (Å²) in [5.74, 6) is 0. The van der Waals surface area contributed by atoms with E-state index < -0.39 is 0 Å². The smallest absolute Gasteiger partial charge is 0.0401 e. The van der Waals surface area contributed by atoms with E-state index in [0.717, 1.165) is 11.3 Å². The van der Waals surface area contributed by atoms with Crippen LogP contribution in [0.15, 0.2) is 43.0 Å². The molecular weight excluding hydrogens is 226 g/mol. The zero-order valence-electron chi connectivity index (χ0n) is 9.81. The van der Waals surface area contributed by atoms with E-state index in [9.17, 15) is 0 Å². The Labute approximate surface area is 106 Å². The molecule has 0 saturated carbocycles. The van der Waals surface area contributed by atoms with Gasteiger partial charge in [-0.3, -0.25) is 0 Å². The van der Waals surface area contributed by atoms with Crippen molar-refractivity contribution in [1.82, 2.24) is 0 Å². The number of hydrogen-bond acceptors (Lipinski definition) is 2. The van der Waals surface area contributed by atoms with Gasteiger partial charge in [-0.15, -0.1) is 11.3 Å². The number of nitrogens with two attached hydrogens (primary N) is 1. The predicted molar refractivity (Wildman–Crippen MR) is 79.0 cm³/mol. The number of rotatable bonds is 3. The van der Waals surface area contributed by atoms with Gasteiger partial charge in [0.2, 0.25) is 0 Å². The lowest BCUT2D eigenvalue weighted by molar-refractivity contribution is 1.67. The lowest BCUT2D eigenvalue weighted by Gasteiger charge is -2.00. The second-order valence-corrected chi connectivity index (χ2v) is 4.81. The summed E-state index contributed by atoms with van der Waals surface area (Å²) >= 11 is 1.72. The van der Waals surface area contributed by atoms with Crippen LogP contribution in [0.4, 0.5) is 5.69 Å². The first-order valence-corrected chi connectivity index (χ1v) is 6.31. The van der Waals surface area contributed by atoms with Crippen LogP contribution in [-0.2, 0) is 0 Å². The number of allylic oxidation sites excluding steroid dienone is 1. The molecule has 1 aromatic heterocycles. The fourth-order valence-corrected chi connectivity index (χ4v) is 2.79. The Kier molecular flexibility index (Phi) is 3.45. The minimum atomic E-state index is 0.816. The van der Waals surface area contributed by atoms with Crippen LogP contribution in [0.1, 0.15) is 17.4 Å². The highest BCUT2D eigenvalue weighted by Crippen LogP contribution is 2.35. The molecule has 17 heavy (non-hydrogen) atoms. The molecule has 0 bridgehead atoms. The Bertz CT molecular complexity index is 564. The second kappa shape index (κ2) is 5.02. The molecule has 0 aliphatic carbocycles. The molecule has 2 heteroatoms. The molecule has 0 fully saturated rings. The van der Waals surface area contributed by atoms with Gasteiger partial charge in [0.15, 0.2) is 0 Å². The van der Waals surface area contributed by atoms with Crippen LogP contribution in [0.2, 0.25) is 0 Å². The highest BCUT2D eigenvalue weighted by Gasteiger charge is 2.08. The van der Waals surface area contributed by atoms with Crippen molar-refractivity contribution in [2.75, 3.05) is 5.73 Å². The molecule has 2 rings (SSSR count). The van der Waals surface area contributed by atoms with Crippen LogP contribution in [0.3, 0.4) is 0 Å². The first kappa shape index (κ1) is 11.7. The van der Waals surface area contributed by atoms with Crippen LogP contribution in [0, 0.1) is 0 Å². The Hall–Kier alpha value is -1.80. The van der Waals surface area contributed by atoms with Crippen LogP contribution in [0.25, 0.3) is 22.6 Å². The minimum absolute atomic E-state index is 0.816. The SMILES string of the molecule is C=Cc1sc(-c2ccccc2N)cc1/C=C\C. The number of thiophene rings is 1. The lowest BCUT2D eigenvalue weighted by atomic mass is 10.1. The highest BCUT2D eigenvalue weighted by molar-refractivity contribution is 7.16. The van der Waals surface area contributed by atoms with E-state index in [0.29, 0.717) is 0 Å². The summed E-state index contributed by atoms with van der Waals surface area (Å²) in [7, 11) is 0. The molecular formula is C15H15NS. The number of hydrogen-bond donors (Lipinski definition) is 1. The Balaban J connectivity index is 2.54. The van der Waals surface area contributed by atoms with Crippen LogP contribution in [0.5, 0.6) is 0 Å². The molecule has 0 spiro atoms. The third-order valence-corrected chi connectivity index (χ3v) is 3.73. The molecule has 0 radical (unpaired) electrons. The van der Waals surface area contributed by atoms with Crippen LogP contribution < -0.4 is 5.73 Å². The van der Waals surface area contributed by atoms with E-state index in [-0.39, 0.29) is 0 Å². The topological polar surface area (TPSA) is 26.0 Å². The molecule has 1 nitrogen and oxygen atoms in total. The molecule has 0 atom stereocenters. The standard InChI is InChI=1S/C15H15NS/c1-3-7-11-10-15(17-14(11)4-2)12-8-5-6-9-13(12)16/h3-10H,2,16H2,1H3/b7-3-. The van der Waals surface area contributed by atoms with Crippen molar-refractivity contribution in [2.24, 2.45) is 0 Å². The monoisotopic (exact) mass is 241 g/mol. The van der Waals surface area contributed by atoms with Gasteiger partial charge in [-0.2, -0.15) is 0 Å². The molecule has 2 aromatic rings. The summed E-state index contributed by atoms with van der Waals surface area (Å²) in [5, 5.41) is 0. The molecule has 0 unspecified atom stereocenters. The summed E-state index contributed by atoms with van der Waals surface area (Å²) in [6, 6.07) is 10.1. The van der Waals surface area contributed by atoms with Crippen LogP contribution >= 0.6 is 11.3 Å². The van der Waals surface area contributed by atoms with Gasteiger partial charge in [-0.25, -0.2) is 0 Å². The van der Waals surface area contributed by atoms with Gasteiger partial charge in [0.1, 0.15) is 0 Å². The molecule has 2 N–H and O–H groups in total. The molecule has 0 aliphatic heterocycles. The predicted octanol–water partition coefficient (Wildman–Crippen LogP) is 4.67. The quantitative estimate of drug-likeness (QED) is 0.776. The average Bonchev–Trinajstić information content (AvgIpc) is 2.73. The minimum Gasteiger partial charge on any atom is -0.398 e. The lowest BCUT2D eigenvalue weighted by Crippen LogP contribution is -1.86. The molecule has 0 aliphatic rings. The molecule has 0 saturated heterocycles. The first-order chi connectivity index (χ1) is 8.26. The molecule has 1 heterocycles. The second-order valence-electron chi connectivity index (χ2n) is 3.72. The van der Waals surface area contributed by atoms with Gasteiger partial charge in [-0.05, 0) is 24.6 Å². The van der Waals surface area contributed by atoms with E-state index in [1.54, 1.807) is 11.3 Å². The van der Waals surface area contributed by atoms with Gasteiger partial charge < -0.3 is 5.73 Å². The largest absolute Gasteiger partial charge is 0.398 e. The Morgan fingerprint density at radius 1 is 1.29 bits per heavy atom. The number of para-hydroxylation sites is 1. The van der Waals surface area contributed by atoms with Crippen molar-refractivity contribution in [1.29, 1.82) is 0 Å². The summed E-state index contributed by atoms with van der Waals surface area (Å²) in [6.07, 6.45) is 6.02. The fourth-order valence-electron chi connectivity index (χ4n) is 1.74. The average molecular weight is 241 g/mol. The number of anilines is 1. The third kappa shape index (κ3) is 2.32. The maximum atomic E-state index is 5.99. The number of benzene rings is 1. The fraction of sp³-hybridized carbons (Fsp3) is 0.0667. The summed E-state index contributed by atoms with van der Waals surface area (Å²) < 4.78 is 0. The summed E-state index contributed by atoms with van der Waals surface area (Å²) in [5.41, 5.74) is 9.10. The Morgan fingerprint density at radius 2 is 2.06 bits per heavy atom. The van der Waals surface area contributed by atoms with Crippen molar-refractivity contribution in [2.45, 2.75) is 6.92 Å². The van der Waals surface area contributed by atoms with Crippen LogP contribution in [-0.4, -0.2) is 0 Å². The maximum absolute atomic E-state index is 5.99. The van der Waals surface area contributed by atoms with Gasteiger partial charge >= 0.3 is 0 Å². The van der Waals surface area contributed by atoms with Crippen molar-refractivity contribution >= 4 is 29.2 Å². The number of nitrogen functional groups attached to an aromatic ring is 1. The van der Waals surface area contributed by atoms with Gasteiger partial charge in [0.25, 0.3) is 0 Å². The van der Waals surface area contributed by atoms with Crippen molar-refractivity contribution < 1.29 is 0 Å². The van der Waals surface area contributed by atoms with Crippen molar-refractivity contribution in [3.05, 3.63) is 53.4 Å². The van der Waals surface area contributed by atoms with Crippen molar-refractivity contribution in [3.63, 3.8) is 0 Å². The van der Waals surface area contributed by atoms with Gasteiger partial charge in [-0.1, -0.05) is 43.0 Å².